The van der Waals surface area contributed by atoms with Crippen LogP contribution in [0.1, 0.15) is 30.5 Å². The second-order valence-corrected chi connectivity index (χ2v) is 13.3. The lowest BCUT2D eigenvalue weighted by Gasteiger charge is -2.34. The number of nitrogens with one attached hydrogen (secondary N) is 1. The quantitative estimate of drug-likeness (QED) is 0.192. The summed E-state index contributed by atoms with van der Waals surface area (Å²) < 4.78 is 34.8. The van der Waals surface area contributed by atoms with Crippen molar-refractivity contribution in [1.82, 2.24) is 10.2 Å². The van der Waals surface area contributed by atoms with Gasteiger partial charge in [-0.1, -0.05) is 83.9 Å². The average Bonchev–Trinajstić information content (AvgIpc) is 3.02. The van der Waals surface area contributed by atoms with E-state index in [2.05, 4.69) is 5.32 Å². The van der Waals surface area contributed by atoms with Gasteiger partial charge in [-0.15, -0.1) is 0 Å². The van der Waals surface area contributed by atoms with Gasteiger partial charge in [0.25, 0.3) is 10.0 Å². The van der Waals surface area contributed by atoms with Crippen LogP contribution in [0.3, 0.4) is 0 Å². The van der Waals surface area contributed by atoms with Crippen molar-refractivity contribution in [3.63, 3.8) is 0 Å². The SMILES string of the molecule is COc1cccc(N(CC(=O)N(Cc2ccccc2Cl)C(Cc2ccccc2)C(=O)NC(C)C)S(=O)(=O)c2ccc(C)cc2)c1. The maximum atomic E-state index is 14.5. The molecule has 0 bridgehead atoms. The van der Waals surface area contributed by atoms with E-state index in [0.29, 0.717) is 16.3 Å². The van der Waals surface area contributed by atoms with Crippen LogP contribution in [0.2, 0.25) is 5.02 Å². The monoisotopic (exact) mass is 647 g/mol. The van der Waals surface area contributed by atoms with Crippen molar-refractivity contribution in [2.45, 2.75) is 50.7 Å². The number of carbonyl (C=O) groups excluding carboxylic acids is 2. The zero-order valence-electron chi connectivity index (χ0n) is 25.8. The molecule has 0 aliphatic carbocycles. The van der Waals surface area contributed by atoms with Crippen LogP contribution in [-0.2, 0) is 32.6 Å². The number of halogens is 1. The van der Waals surface area contributed by atoms with E-state index in [4.69, 9.17) is 16.3 Å². The molecule has 10 heteroatoms. The van der Waals surface area contributed by atoms with Gasteiger partial charge in [-0.2, -0.15) is 0 Å². The van der Waals surface area contributed by atoms with E-state index < -0.39 is 28.5 Å². The van der Waals surface area contributed by atoms with Crippen LogP contribution in [0.4, 0.5) is 5.69 Å². The van der Waals surface area contributed by atoms with E-state index in [-0.39, 0.29) is 35.5 Å². The van der Waals surface area contributed by atoms with Gasteiger partial charge < -0.3 is 15.0 Å². The van der Waals surface area contributed by atoms with E-state index >= 15 is 0 Å². The van der Waals surface area contributed by atoms with Gasteiger partial charge in [-0.3, -0.25) is 13.9 Å². The Morgan fingerprint density at radius 3 is 2.20 bits per heavy atom. The van der Waals surface area contributed by atoms with Crippen LogP contribution in [0.5, 0.6) is 5.75 Å². The summed E-state index contributed by atoms with van der Waals surface area (Å²) >= 11 is 6.54. The topological polar surface area (TPSA) is 96.0 Å². The fraction of sp³-hybridized carbons (Fsp3) is 0.257. The minimum absolute atomic E-state index is 0.0158. The molecule has 8 nitrogen and oxygen atoms in total. The first kappa shape index (κ1) is 33.6. The molecule has 0 saturated carbocycles. The largest absolute Gasteiger partial charge is 0.497 e. The average molecular weight is 648 g/mol. The Balaban J connectivity index is 1.83. The number of sulfonamides is 1. The lowest BCUT2D eigenvalue weighted by atomic mass is 10.0. The van der Waals surface area contributed by atoms with E-state index in [1.807, 2.05) is 51.1 Å². The number of anilines is 1. The normalized spacial score (nSPS) is 12.0. The summed E-state index contributed by atoms with van der Waals surface area (Å²) in [6.07, 6.45) is 0.208. The van der Waals surface area contributed by atoms with E-state index in [9.17, 15) is 18.0 Å². The lowest BCUT2D eigenvalue weighted by Crippen LogP contribution is -2.54. The Labute approximate surface area is 270 Å². The standard InChI is InChI=1S/C35H38ClN3O5S/c1-25(2)37-35(41)33(21-27-11-6-5-7-12-27)38(23-28-13-8-9-16-32(28)36)34(40)24-39(29-14-10-15-30(22-29)44-4)45(42,43)31-19-17-26(3)18-20-31/h5-20,22,25,33H,21,23-24H2,1-4H3,(H,37,41). The zero-order chi connectivity index (χ0) is 32.6. The number of hydrogen-bond acceptors (Lipinski definition) is 5. The second-order valence-electron chi connectivity index (χ2n) is 11.0. The number of benzene rings is 4. The van der Waals surface area contributed by atoms with Crippen LogP contribution in [0, 0.1) is 6.92 Å². The Hall–Kier alpha value is -4.34. The van der Waals surface area contributed by atoms with Crippen LogP contribution >= 0.6 is 11.6 Å². The number of methoxy groups -OCH3 is 1. The molecule has 1 atom stereocenters. The highest BCUT2D eigenvalue weighted by Gasteiger charge is 2.35. The van der Waals surface area contributed by atoms with Gasteiger partial charge in [0, 0.05) is 30.1 Å². The van der Waals surface area contributed by atoms with Gasteiger partial charge in [0.1, 0.15) is 18.3 Å². The molecule has 2 amide bonds. The fourth-order valence-electron chi connectivity index (χ4n) is 4.88. The highest BCUT2D eigenvalue weighted by molar-refractivity contribution is 7.92. The Kier molecular flexibility index (Phi) is 11.3. The van der Waals surface area contributed by atoms with Gasteiger partial charge in [-0.25, -0.2) is 8.42 Å². The molecule has 1 unspecified atom stereocenters. The molecule has 0 saturated heterocycles. The third-order valence-electron chi connectivity index (χ3n) is 7.23. The summed E-state index contributed by atoms with van der Waals surface area (Å²) in [7, 11) is -2.74. The first-order valence-electron chi connectivity index (χ1n) is 14.6. The minimum Gasteiger partial charge on any atom is -0.497 e. The predicted octanol–water partition coefficient (Wildman–Crippen LogP) is 6.02. The first-order chi connectivity index (χ1) is 21.5. The number of aryl methyl sites for hydroxylation is 1. The maximum Gasteiger partial charge on any atom is 0.264 e. The molecule has 0 aromatic heterocycles. The molecule has 4 rings (SSSR count). The predicted molar refractivity (Wildman–Crippen MR) is 178 cm³/mol. The Morgan fingerprint density at radius 2 is 1.56 bits per heavy atom. The van der Waals surface area contributed by atoms with Crippen molar-refractivity contribution < 1.29 is 22.7 Å². The molecule has 4 aromatic carbocycles. The smallest absolute Gasteiger partial charge is 0.264 e. The number of amides is 2. The molecule has 0 fully saturated rings. The van der Waals surface area contributed by atoms with Crippen molar-refractivity contribution in [3.05, 3.63) is 125 Å². The molecular formula is C35H38ClN3O5S. The first-order valence-corrected chi connectivity index (χ1v) is 16.4. The van der Waals surface area contributed by atoms with Crippen LogP contribution in [-0.4, -0.2) is 50.9 Å². The second kappa shape index (κ2) is 15.1. The Bertz CT molecular complexity index is 1710. The molecule has 0 aliphatic rings. The highest BCUT2D eigenvalue weighted by Crippen LogP contribution is 2.28. The molecule has 4 aromatic rings. The Morgan fingerprint density at radius 1 is 0.889 bits per heavy atom. The number of nitrogens with zero attached hydrogens (tertiary/aromatic N) is 2. The minimum atomic E-state index is -4.23. The number of rotatable bonds is 13. The zero-order valence-corrected chi connectivity index (χ0v) is 27.4. The van der Waals surface area contributed by atoms with Crippen molar-refractivity contribution in [2.24, 2.45) is 0 Å². The summed E-state index contributed by atoms with van der Waals surface area (Å²) in [5.74, 6) is -0.507. The number of ether oxygens (including phenoxy) is 1. The van der Waals surface area contributed by atoms with Crippen LogP contribution in [0.15, 0.2) is 108 Å². The summed E-state index contributed by atoms with van der Waals surface area (Å²) in [5.41, 5.74) is 2.60. The van der Waals surface area contributed by atoms with Crippen LogP contribution < -0.4 is 14.4 Å². The molecular weight excluding hydrogens is 610 g/mol. The molecule has 0 spiro atoms. The van der Waals surface area contributed by atoms with Gasteiger partial charge in [-0.05, 0) is 62.2 Å². The maximum absolute atomic E-state index is 14.5. The van der Waals surface area contributed by atoms with E-state index in [1.165, 1.54) is 24.1 Å². The van der Waals surface area contributed by atoms with Gasteiger partial charge in [0.15, 0.2) is 0 Å². The third kappa shape index (κ3) is 8.65. The number of carbonyl (C=O) groups is 2. The fourth-order valence-corrected chi connectivity index (χ4v) is 6.48. The van der Waals surface area contributed by atoms with E-state index in [0.717, 1.165) is 15.4 Å². The molecule has 0 aliphatic heterocycles. The van der Waals surface area contributed by atoms with E-state index in [1.54, 1.807) is 60.7 Å². The summed E-state index contributed by atoms with van der Waals surface area (Å²) in [5, 5.41) is 3.37. The van der Waals surface area contributed by atoms with Crippen molar-refractivity contribution >= 4 is 39.1 Å². The van der Waals surface area contributed by atoms with Crippen LogP contribution in [0.25, 0.3) is 0 Å². The van der Waals surface area contributed by atoms with Gasteiger partial charge >= 0.3 is 0 Å². The van der Waals surface area contributed by atoms with Crippen molar-refractivity contribution in [3.8, 4) is 5.75 Å². The summed E-state index contributed by atoms with van der Waals surface area (Å²) in [4.78, 5) is 29.7. The lowest BCUT2D eigenvalue weighted by molar-refractivity contribution is -0.140. The molecule has 1 N–H and O–H groups in total. The highest BCUT2D eigenvalue weighted by atomic mass is 35.5. The molecule has 45 heavy (non-hydrogen) atoms. The molecule has 236 valence electrons. The van der Waals surface area contributed by atoms with Gasteiger partial charge in [0.2, 0.25) is 11.8 Å². The van der Waals surface area contributed by atoms with Crippen molar-refractivity contribution in [1.29, 1.82) is 0 Å². The van der Waals surface area contributed by atoms with Crippen molar-refractivity contribution in [2.75, 3.05) is 18.0 Å². The summed E-state index contributed by atoms with van der Waals surface area (Å²) in [6.45, 7) is 4.96. The van der Waals surface area contributed by atoms with Gasteiger partial charge in [0.05, 0.1) is 17.7 Å². The molecule has 0 heterocycles. The molecule has 0 radical (unpaired) electrons. The summed E-state index contributed by atoms with van der Waals surface area (Å²) in [6, 6.07) is 28.2. The number of hydrogen-bond donors (Lipinski definition) is 1. The third-order valence-corrected chi connectivity index (χ3v) is 9.39.